The number of amides is 3. The highest BCUT2D eigenvalue weighted by Crippen LogP contribution is 2.20. The SMILES string of the molecule is C/C=C/CN1C(=NC)NC2C1C(=O)NC(=O)N2C. The van der Waals surface area contributed by atoms with Gasteiger partial charge in [-0.05, 0) is 6.92 Å². The minimum absolute atomic E-state index is 0.293. The van der Waals surface area contributed by atoms with Crippen LogP contribution in [0.4, 0.5) is 4.79 Å². The van der Waals surface area contributed by atoms with Gasteiger partial charge in [0.15, 0.2) is 12.0 Å². The maximum Gasteiger partial charge on any atom is 0.325 e. The molecule has 0 aromatic carbocycles. The summed E-state index contributed by atoms with van der Waals surface area (Å²) in [7, 11) is 3.31. The molecule has 98 valence electrons. The monoisotopic (exact) mass is 251 g/mol. The quantitative estimate of drug-likeness (QED) is 0.638. The molecule has 2 aliphatic rings. The second kappa shape index (κ2) is 4.67. The Morgan fingerprint density at radius 2 is 2.17 bits per heavy atom. The minimum atomic E-state index is -0.442. The molecule has 2 unspecified atom stereocenters. The first-order valence-electron chi connectivity index (χ1n) is 5.79. The number of hydrogen-bond acceptors (Lipinski definition) is 3. The molecule has 7 nitrogen and oxygen atoms in total. The summed E-state index contributed by atoms with van der Waals surface area (Å²) in [6, 6.07) is -0.834. The zero-order chi connectivity index (χ0) is 13.3. The number of carbonyl (C=O) groups excluding carboxylic acids is 2. The topological polar surface area (TPSA) is 77.0 Å². The number of nitrogens with one attached hydrogen (secondary N) is 2. The third-order valence-electron chi connectivity index (χ3n) is 3.17. The number of nitrogens with zero attached hydrogens (tertiary/aromatic N) is 3. The van der Waals surface area contributed by atoms with Crippen LogP contribution in [0.3, 0.4) is 0 Å². The van der Waals surface area contributed by atoms with E-state index in [0.717, 1.165) is 0 Å². The van der Waals surface area contributed by atoms with Crippen molar-refractivity contribution >= 4 is 17.9 Å². The van der Waals surface area contributed by atoms with Crippen molar-refractivity contribution in [3.05, 3.63) is 12.2 Å². The smallest absolute Gasteiger partial charge is 0.325 e. The molecule has 7 heteroatoms. The second-order valence-electron chi connectivity index (χ2n) is 4.21. The Morgan fingerprint density at radius 1 is 1.44 bits per heavy atom. The van der Waals surface area contributed by atoms with Crippen LogP contribution in [0, 0.1) is 0 Å². The van der Waals surface area contributed by atoms with Crippen molar-refractivity contribution in [1.82, 2.24) is 20.4 Å². The molecule has 0 aliphatic carbocycles. The summed E-state index contributed by atoms with van der Waals surface area (Å²) in [6.07, 6.45) is 3.49. The first kappa shape index (κ1) is 12.4. The molecule has 0 radical (unpaired) electrons. The third kappa shape index (κ3) is 1.81. The van der Waals surface area contributed by atoms with E-state index >= 15 is 0 Å². The summed E-state index contributed by atoms with van der Waals surface area (Å²) in [5.41, 5.74) is 0. The van der Waals surface area contributed by atoms with Gasteiger partial charge in [-0.15, -0.1) is 0 Å². The number of aliphatic imine (C=N–C) groups is 1. The molecule has 0 saturated carbocycles. The Balaban J connectivity index is 2.30. The number of hydrogen-bond donors (Lipinski definition) is 2. The van der Waals surface area contributed by atoms with Gasteiger partial charge in [0.05, 0.1) is 0 Å². The number of fused-ring (bicyclic) bond motifs is 1. The van der Waals surface area contributed by atoms with E-state index in [4.69, 9.17) is 0 Å². The predicted molar refractivity (Wildman–Crippen MR) is 66.9 cm³/mol. The van der Waals surface area contributed by atoms with Gasteiger partial charge < -0.3 is 15.1 Å². The fourth-order valence-electron chi connectivity index (χ4n) is 2.20. The average Bonchev–Trinajstić information content (AvgIpc) is 2.72. The maximum atomic E-state index is 11.9. The van der Waals surface area contributed by atoms with Gasteiger partial charge in [-0.2, -0.15) is 0 Å². The van der Waals surface area contributed by atoms with E-state index in [9.17, 15) is 9.59 Å². The Hall–Kier alpha value is -2.05. The van der Waals surface area contributed by atoms with Crippen LogP contribution in [0.15, 0.2) is 17.1 Å². The summed E-state index contributed by atoms with van der Waals surface area (Å²) < 4.78 is 0. The molecule has 2 atom stereocenters. The number of carbonyl (C=O) groups is 2. The average molecular weight is 251 g/mol. The van der Waals surface area contributed by atoms with E-state index in [2.05, 4.69) is 15.6 Å². The van der Waals surface area contributed by atoms with E-state index in [1.807, 2.05) is 24.0 Å². The molecule has 2 heterocycles. The molecule has 2 rings (SSSR count). The Labute approximate surface area is 106 Å². The van der Waals surface area contributed by atoms with Crippen LogP contribution in [0.2, 0.25) is 0 Å². The number of urea groups is 1. The van der Waals surface area contributed by atoms with Crippen LogP contribution in [-0.4, -0.2) is 60.5 Å². The maximum absolute atomic E-state index is 11.9. The zero-order valence-electron chi connectivity index (χ0n) is 10.7. The lowest BCUT2D eigenvalue weighted by Crippen LogP contribution is -2.64. The van der Waals surface area contributed by atoms with Gasteiger partial charge >= 0.3 is 6.03 Å². The van der Waals surface area contributed by atoms with E-state index in [0.29, 0.717) is 12.5 Å². The second-order valence-corrected chi connectivity index (χ2v) is 4.21. The molecule has 3 amide bonds. The van der Waals surface area contributed by atoms with Crippen LogP contribution in [0.1, 0.15) is 6.92 Å². The normalized spacial score (nSPS) is 29.8. The molecule has 2 aliphatic heterocycles. The number of guanidine groups is 1. The van der Waals surface area contributed by atoms with Crippen LogP contribution >= 0.6 is 0 Å². The molecular formula is C11H17N5O2. The lowest BCUT2D eigenvalue weighted by molar-refractivity contribution is -0.126. The van der Waals surface area contributed by atoms with Crippen molar-refractivity contribution in [1.29, 1.82) is 0 Å². The summed E-state index contributed by atoms with van der Waals surface area (Å²) in [4.78, 5) is 30.9. The predicted octanol–water partition coefficient (Wildman–Crippen LogP) is -0.670. The summed E-state index contributed by atoms with van der Waals surface area (Å²) in [5, 5.41) is 5.44. The van der Waals surface area contributed by atoms with Gasteiger partial charge in [0.1, 0.15) is 6.17 Å². The molecule has 2 fully saturated rings. The van der Waals surface area contributed by atoms with Crippen molar-refractivity contribution in [2.24, 2.45) is 4.99 Å². The van der Waals surface area contributed by atoms with Crippen molar-refractivity contribution < 1.29 is 9.59 Å². The van der Waals surface area contributed by atoms with Crippen LogP contribution < -0.4 is 10.6 Å². The number of rotatable bonds is 2. The Bertz CT molecular complexity index is 431. The van der Waals surface area contributed by atoms with E-state index in [-0.39, 0.29) is 12.1 Å². The molecule has 0 aromatic rings. The van der Waals surface area contributed by atoms with Gasteiger partial charge in [-0.25, -0.2) is 4.79 Å². The fraction of sp³-hybridized carbons (Fsp3) is 0.545. The van der Waals surface area contributed by atoms with Crippen LogP contribution in [0.5, 0.6) is 0 Å². The van der Waals surface area contributed by atoms with Gasteiger partial charge in [-0.3, -0.25) is 15.1 Å². The summed E-state index contributed by atoms with van der Waals surface area (Å²) in [5.74, 6) is 0.332. The molecular weight excluding hydrogens is 234 g/mol. The standard InChI is InChI=1S/C11H17N5O2/c1-4-5-6-16-7-8(13-10(16)12-2)15(3)11(18)14-9(7)17/h4-5,7-8H,6H2,1-3H3,(H,12,13)(H,14,17,18)/b5-4+. The lowest BCUT2D eigenvalue weighted by Gasteiger charge is -2.35. The van der Waals surface area contributed by atoms with Gasteiger partial charge in [0.25, 0.3) is 5.91 Å². The summed E-state index contributed by atoms with van der Waals surface area (Å²) >= 11 is 0. The summed E-state index contributed by atoms with van der Waals surface area (Å²) in [6.45, 7) is 2.49. The lowest BCUT2D eigenvalue weighted by atomic mass is 10.1. The molecule has 2 saturated heterocycles. The molecule has 0 spiro atoms. The van der Waals surface area contributed by atoms with Crippen LogP contribution in [0.25, 0.3) is 0 Å². The van der Waals surface area contributed by atoms with E-state index in [1.54, 1.807) is 14.1 Å². The van der Waals surface area contributed by atoms with Crippen molar-refractivity contribution in [2.75, 3.05) is 20.6 Å². The van der Waals surface area contributed by atoms with Crippen molar-refractivity contribution in [3.8, 4) is 0 Å². The van der Waals surface area contributed by atoms with E-state index < -0.39 is 12.1 Å². The van der Waals surface area contributed by atoms with E-state index in [1.165, 1.54) is 4.90 Å². The Morgan fingerprint density at radius 3 is 2.78 bits per heavy atom. The molecule has 0 bridgehead atoms. The third-order valence-corrected chi connectivity index (χ3v) is 3.17. The van der Waals surface area contributed by atoms with Gasteiger partial charge in [0.2, 0.25) is 0 Å². The molecule has 18 heavy (non-hydrogen) atoms. The highest BCUT2D eigenvalue weighted by Gasteiger charge is 2.49. The molecule has 0 aromatic heterocycles. The fourth-order valence-corrected chi connectivity index (χ4v) is 2.20. The largest absolute Gasteiger partial charge is 0.334 e. The van der Waals surface area contributed by atoms with Gasteiger partial charge in [-0.1, -0.05) is 12.2 Å². The molecule has 2 N–H and O–H groups in total. The zero-order valence-corrected chi connectivity index (χ0v) is 10.7. The number of allylic oxidation sites excluding steroid dienone is 1. The first-order chi connectivity index (χ1) is 8.60. The number of imide groups is 1. The van der Waals surface area contributed by atoms with Crippen molar-refractivity contribution in [3.63, 3.8) is 0 Å². The van der Waals surface area contributed by atoms with Gasteiger partial charge in [0, 0.05) is 20.6 Å². The van der Waals surface area contributed by atoms with Crippen molar-refractivity contribution in [2.45, 2.75) is 19.1 Å². The minimum Gasteiger partial charge on any atom is -0.334 e. The number of likely N-dealkylation sites (N-methyl/N-ethyl adjacent to an activating group) is 1. The van der Waals surface area contributed by atoms with Crippen LogP contribution in [-0.2, 0) is 4.79 Å². The highest BCUT2D eigenvalue weighted by molar-refractivity contribution is 6.04. The highest BCUT2D eigenvalue weighted by atomic mass is 16.2. The first-order valence-corrected chi connectivity index (χ1v) is 5.79. The Kier molecular flexibility index (Phi) is 3.22.